The molecule has 1 N–H and O–H groups in total. The summed E-state index contributed by atoms with van der Waals surface area (Å²) in [6, 6.07) is 10.1. The summed E-state index contributed by atoms with van der Waals surface area (Å²) in [6.45, 7) is 2.34. The highest BCUT2D eigenvalue weighted by Crippen LogP contribution is 2.11. The van der Waals surface area contributed by atoms with Gasteiger partial charge in [0.15, 0.2) is 0 Å². The second kappa shape index (κ2) is 6.39. The Balaban J connectivity index is 2.64. The number of hydrogen-bond donors (Lipinski definition) is 1. The zero-order chi connectivity index (χ0) is 10.2. The van der Waals surface area contributed by atoms with E-state index in [-0.39, 0.29) is 6.61 Å². The maximum Gasteiger partial charge on any atom is 0.0645 e. The molecule has 0 aliphatic heterocycles. The van der Waals surface area contributed by atoms with E-state index in [0.29, 0.717) is 0 Å². The van der Waals surface area contributed by atoms with E-state index in [9.17, 15) is 0 Å². The molecule has 1 aromatic carbocycles. The van der Waals surface area contributed by atoms with Gasteiger partial charge < -0.3 is 5.11 Å². The fourth-order valence-electron chi connectivity index (χ4n) is 1.39. The molecular weight excluding hydrogens is 172 g/mol. The molecule has 0 heterocycles. The molecule has 0 spiro atoms. The average molecular weight is 190 g/mol. The first kappa shape index (κ1) is 11.0. The van der Waals surface area contributed by atoms with Crippen LogP contribution in [-0.2, 0) is 0 Å². The third-order valence-electron chi connectivity index (χ3n) is 2.22. The third-order valence-corrected chi connectivity index (χ3v) is 2.22. The van der Waals surface area contributed by atoms with Gasteiger partial charge in [-0.15, -0.1) is 0 Å². The minimum Gasteiger partial charge on any atom is -0.392 e. The number of aliphatic hydroxyl groups is 1. The second-order valence-electron chi connectivity index (χ2n) is 3.47. The Morgan fingerprint density at radius 1 is 1.29 bits per heavy atom. The van der Waals surface area contributed by atoms with Crippen LogP contribution in [0.15, 0.2) is 35.9 Å². The minimum atomic E-state index is 0.175. The van der Waals surface area contributed by atoms with Crippen molar-refractivity contribution in [1.29, 1.82) is 0 Å². The van der Waals surface area contributed by atoms with Gasteiger partial charge in [0.1, 0.15) is 0 Å². The summed E-state index contributed by atoms with van der Waals surface area (Å²) in [5.41, 5.74) is 2.30. The van der Waals surface area contributed by atoms with Crippen LogP contribution < -0.4 is 0 Å². The van der Waals surface area contributed by atoms with Crippen molar-refractivity contribution in [2.45, 2.75) is 26.2 Å². The molecule has 0 fully saturated rings. The molecule has 14 heavy (non-hydrogen) atoms. The molecule has 0 bridgehead atoms. The Hall–Kier alpha value is -1.08. The van der Waals surface area contributed by atoms with Gasteiger partial charge in [-0.05, 0) is 24.0 Å². The molecule has 0 saturated carbocycles. The normalized spacial score (nSPS) is 11.7. The number of rotatable bonds is 5. The predicted molar refractivity (Wildman–Crippen MR) is 61.0 cm³/mol. The van der Waals surface area contributed by atoms with Crippen LogP contribution in [0.4, 0.5) is 0 Å². The summed E-state index contributed by atoms with van der Waals surface area (Å²) in [5, 5.41) is 9.15. The number of aliphatic hydroxyl groups excluding tert-OH is 1. The van der Waals surface area contributed by atoms with Crippen molar-refractivity contribution >= 4 is 6.08 Å². The van der Waals surface area contributed by atoms with Crippen molar-refractivity contribution < 1.29 is 5.11 Å². The van der Waals surface area contributed by atoms with Gasteiger partial charge in [0.25, 0.3) is 0 Å². The Bertz CT molecular complexity index is 275. The Kier molecular flexibility index (Phi) is 5.02. The van der Waals surface area contributed by atoms with Gasteiger partial charge in [-0.25, -0.2) is 0 Å². The van der Waals surface area contributed by atoms with Crippen LogP contribution in [0.1, 0.15) is 31.7 Å². The standard InChI is InChI=1S/C13H18O/c1-2-3-7-13(11-14)10-12-8-5-4-6-9-12/h4-6,8-10,14H,2-3,7,11H2,1H3/b13-10+. The van der Waals surface area contributed by atoms with E-state index in [1.54, 1.807) is 0 Å². The predicted octanol–water partition coefficient (Wildman–Crippen LogP) is 3.25. The largest absolute Gasteiger partial charge is 0.392 e. The summed E-state index contributed by atoms with van der Waals surface area (Å²) in [7, 11) is 0. The summed E-state index contributed by atoms with van der Waals surface area (Å²) < 4.78 is 0. The average Bonchev–Trinajstić information content (AvgIpc) is 2.25. The smallest absolute Gasteiger partial charge is 0.0645 e. The lowest BCUT2D eigenvalue weighted by molar-refractivity contribution is 0.327. The van der Waals surface area contributed by atoms with Crippen LogP contribution in [0.2, 0.25) is 0 Å². The van der Waals surface area contributed by atoms with Crippen molar-refractivity contribution in [2.24, 2.45) is 0 Å². The molecule has 1 nitrogen and oxygen atoms in total. The summed E-state index contributed by atoms with van der Waals surface area (Å²) in [4.78, 5) is 0. The lowest BCUT2D eigenvalue weighted by Crippen LogP contribution is -1.90. The highest BCUT2D eigenvalue weighted by Gasteiger charge is 1.95. The number of unbranched alkanes of at least 4 members (excludes halogenated alkanes) is 1. The van der Waals surface area contributed by atoms with E-state index in [1.807, 2.05) is 18.2 Å². The Morgan fingerprint density at radius 2 is 2.00 bits per heavy atom. The van der Waals surface area contributed by atoms with Crippen LogP contribution in [0, 0.1) is 0 Å². The lowest BCUT2D eigenvalue weighted by Gasteiger charge is -2.02. The quantitative estimate of drug-likeness (QED) is 0.755. The van der Waals surface area contributed by atoms with Crippen LogP contribution in [0.5, 0.6) is 0 Å². The topological polar surface area (TPSA) is 20.2 Å². The molecule has 0 aliphatic rings. The fraction of sp³-hybridized carbons (Fsp3) is 0.385. The van der Waals surface area contributed by atoms with Gasteiger partial charge >= 0.3 is 0 Å². The first-order valence-electron chi connectivity index (χ1n) is 5.22. The van der Waals surface area contributed by atoms with Gasteiger partial charge in [0, 0.05) is 0 Å². The van der Waals surface area contributed by atoms with Crippen LogP contribution >= 0.6 is 0 Å². The first-order valence-corrected chi connectivity index (χ1v) is 5.22. The van der Waals surface area contributed by atoms with Crippen molar-refractivity contribution in [3.63, 3.8) is 0 Å². The van der Waals surface area contributed by atoms with Crippen molar-refractivity contribution in [3.8, 4) is 0 Å². The SMILES string of the molecule is CCCC/C(=C\c1ccccc1)CO. The van der Waals surface area contributed by atoms with E-state index < -0.39 is 0 Å². The molecule has 0 amide bonds. The first-order chi connectivity index (χ1) is 6.86. The summed E-state index contributed by atoms with van der Waals surface area (Å²) in [6.07, 6.45) is 5.41. The van der Waals surface area contributed by atoms with E-state index in [1.165, 1.54) is 12.0 Å². The van der Waals surface area contributed by atoms with Gasteiger partial charge in [-0.1, -0.05) is 49.8 Å². The number of benzene rings is 1. The van der Waals surface area contributed by atoms with E-state index >= 15 is 0 Å². The van der Waals surface area contributed by atoms with E-state index in [0.717, 1.165) is 18.4 Å². The second-order valence-corrected chi connectivity index (χ2v) is 3.47. The maximum atomic E-state index is 9.15. The molecule has 0 atom stereocenters. The molecule has 1 rings (SSSR count). The molecule has 1 aromatic rings. The Morgan fingerprint density at radius 3 is 2.57 bits per heavy atom. The van der Waals surface area contributed by atoms with Crippen LogP contribution in [-0.4, -0.2) is 11.7 Å². The molecule has 0 saturated heterocycles. The Labute approximate surface area is 86.1 Å². The zero-order valence-corrected chi connectivity index (χ0v) is 8.74. The molecule has 0 aromatic heterocycles. The van der Waals surface area contributed by atoms with Crippen molar-refractivity contribution in [1.82, 2.24) is 0 Å². The monoisotopic (exact) mass is 190 g/mol. The highest BCUT2D eigenvalue weighted by molar-refractivity contribution is 5.52. The summed E-state index contributed by atoms with van der Waals surface area (Å²) >= 11 is 0. The molecule has 0 unspecified atom stereocenters. The van der Waals surface area contributed by atoms with Gasteiger partial charge in [-0.2, -0.15) is 0 Å². The van der Waals surface area contributed by atoms with Crippen molar-refractivity contribution in [3.05, 3.63) is 41.5 Å². The van der Waals surface area contributed by atoms with Crippen LogP contribution in [0.3, 0.4) is 0 Å². The van der Waals surface area contributed by atoms with E-state index in [4.69, 9.17) is 5.11 Å². The molecule has 0 aliphatic carbocycles. The number of hydrogen-bond acceptors (Lipinski definition) is 1. The maximum absolute atomic E-state index is 9.15. The van der Waals surface area contributed by atoms with E-state index in [2.05, 4.69) is 25.1 Å². The highest BCUT2D eigenvalue weighted by atomic mass is 16.3. The fourth-order valence-corrected chi connectivity index (χ4v) is 1.39. The molecule has 0 radical (unpaired) electrons. The van der Waals surface area contributed by atoms with Gasteiger partial charge in [0.2, 0.25) is 0 Å². The molecule has 76 valence electrons. The third kappa shape index (κ3) is 3.75. The van der Waals surface area contributed by atoms with Crippen LogP contribution in [0.25, 0.3) is 6.08 Å². The van der Waals surface area contributed by atoms with Gasteiger partial charge in [0.05, 0.1) is 6.61 Å². The van der Waals surface area contributed by atoms with Crippen molar-refractivity contribution in [2.75, 3.05) is 6.61 Å². The minimum absolute atomic E-state index is 0.175. The molecular formula is C13H18O. The lowest BCUT2D eigenvalue weighted by atomic mass is 10.1. The van der Waals surface area contributed by atoms with Gasteiger partial charge in [-0.3, -0.25) is 0 Å². The molecule has 1 heteroatoms. The summed E-state index contributed by atoms with van der Waals surface area (Å²) in [5.74, 6) is 0. The zero-order valence-electron chi connectivity index (χ0n) is 8.74.